The fourth-order valence-electron chi connectivity index (χ4n) is 3.12. The SMILES string of the molecule is O=c1ccc(C(F)(F)F)c[nH]1.c1ccc(COc2ccccc2N2CCCC2)cc1. The number of hydrogen-bond donors (Lipinski definition) is 1. The monoisotopic (exact) mass is 416 g/mol. The van der Waals surface area contributed by atoms with E-state index in [0.29, 0.717) is 12.8 Å². The van der Waals surface area contributed by atoms with E-state index in [2.05, 4.69) is 35.2 Å². The van der Waals surface area contributed by atoms with Crippen molar-refractivity contribution >= 4 is 5.69 Å². The number of anilines is 1. The molecule has 30 heavy (non-hydrogen) atoms. The molecule has 2 aromatic carbocycles. The van der Waals surface area contributed by atoms with Crippen LogP contribution in [-0.4, -0.2) is 18.1 Å². The molecule has 0 aliphatic carbocycles. The molecule has 2 heterocycles. The topological polar surface area (TPSA) is 45.3 Å². The van der Waals surface area contributed by atoms with Crippen LogP contribution in [0.1, 0.15) is 24.0 Å². The maximum atomic E-state index is 11.8. The van der Waals surface area contributed by atoms with Crippen molar-refractivity contribution < 1.29 is 17.9 Å². The van der Waals surface area contributed by atoms with Gasteiger partial charge in [-0.3, -0.25) is 4.79 Å². The van der Waals surface area contributed by atoms with Gasteiger partial charge in [0.15, 0.2) is 0 Å². The van der Waals surface area contributed by atoms with Gasteiger partial charge in [0.2, 0.25) is 5.56 Å². The van der Waals surface area contributed by atoms with Crippen LogP contribution >= 0.6 is 0 Å². The lowest BCUT2D eigenvalue weighted by Gasteiger charge is -2.21. The average Bonchev–Trinajstić information content (AvgIpc) is 3.28. The summed E-state index contributed by atoms with van der Waals surface area (Å²) in [6.07, 6.45) is -1.17. The van der Waals surface area contributed by atoms with Gasteiger partial charge in [-0.2, -0.15) is 13.2 Å². The molecule has 3 aromatic rings. The summed E-state index contributed by atoms with van der Waals surface area (Å²) in [6, 6.07) is 20.2. The van der Waals surface area contributed by atoms with Gasteiger partial charge < -0.3 is 14.6 Å². The van der Waals surface area contributed by atoms with Gasteiger partial charge in [0.25, 0.3) is 0 Å². The second-order valence-electron chi connectivity index (χ2n) is 6.88. The van der Waals surface area contributed by atoms with Crippen molar-refractivity contribution in [2.24, 2.45) is 0 Å². The minimum atomic E-state index is -4.38. The maximum absolute atomic E-state index is 11.8. The van der Waals surface area contributed by atoms with Crippen LogP contribution in [0.15, 0.2) is 77.7 Å². The molecular weight excluding hydrogens is 393 g/mol. The minimum Gasteiger partial charge on any atom is -0.487 e. The van der Waals surface area contributed by atoms with Crippen molar-refractivity contribution in [2.45, 2.75) is 25.6 Å². The molecule has 1 aliphatic rings. The number of aromatic amines is 1. The van der Waals surface area contributed by atoms with Crippen molar-refractivity contribution in [1.29, 1.82) is 0 Å². The summed E-state index contributed by atoms with van der Waals surface area (Å²) in [7, 11) is 0. The summed E-state index contributed by atoms with van der Waals surface area (Å²) in [5.41, 5.74) is 1.05. The van der Waals surface area contributed by atoms with Gasteiger partial charge in [-0.15, -0.1) is 0 Å². The first kappa shape index (κ1) is 21.5. The highest BCUT2D eigenvalue weighted by Gasteiger charge is 2.30. The van der Waals surface area contributed by atoms with E-state index in [1.54, 1.807) is 0 Å². The zero-order chi connectivity index (χ0) is 21.4. The molecule has 158 valence electrons. The molecule has 1 aliphatic heterocycles. The fourth-order valence-corrected chi connectivity index (χ4v) is 3.12. The molecule has 0 atom stereocenters. The Bertz CT molecular complexity index is 961. The Morgan fingerprint density at radius 2 is 1.57 bits per heavy atom. The van der Waals surface area contributed by atoms with E-state index in [4.69, 9.17) is 4.74 Å². The van der Waals surface area contributed by atoms with Crippen molar-refractivity contribution in [1.82, 2.24) is 4.98 Å². The van der Waals surface area contributed by atoms with Crippen LogP contribution in [0.25, 0.3) is 0 Å². The van der Waals surface area contributed by atoms with Crippen molar-refractivity contribution in [3.8, 4) is 5.75 Å². The van der Waals surface area contributed by atoms with E-state index in [-0.39, 0.29) is 0 Å². The number of aromatic nitrogens is 1. The lowest BCUT2D eigenvalue weighted by Crippen LogP contribution is -2.18. The highest BCUT2D eigenvalue weighted by atomic mass is 19.4. The summed E-state index contributed by atoms with van der Waals surface area (Å²) >= 11 is 0. The van der Waals surface area contributed by atoms with E-state index < -0.39 is 17.3 Å². The largest absolute Gasteiger partial charge is 0.487 e. The molecule has 4 nitrogen and oxygen atoms in total. The first-order chi connectivity index (χ1) is 14.4. The molecule has 0 spiro atoms. The lowest BCUT2D eigenvalue weighted by molar-refractivity contribution is -0.137. The lowest BCUT2D eigenvalue weighted by atomic mass is 10.2. The molecule has 0 amide bonds. The Balaban J connectivity index is 0.000000199. The Morgan fingerprint density at radius 3 is 2.20 bits per heavy atom. The van der Waals surface area contributed by atoms with Crippen molar-refractivity contribution in [3.05, 3.63) is 94.4 Å². The molecule has 0 unspecified atom stereocenters. The number of rotatable bonds is 4. The number of benzene rings is 2. The van der Waals surface area contributed by atoms with Gasteiger partial charge in [-0.1, -0.05) is 42.5 Å². The van der Waals surface area contributed by atoms with Crippen LogP contribution in [-0.2, 0) is 12.8 Å². The predicted octanol–water partition coefficient (Wildman–Crippen LogP) is 5.26. The van der Waals surface area contributed by atoms with Crippen molar-refractivity contribution in [2.75, 3.05) is 18.0 Å². The van der Waals surface area contributed by atoms with E-state index in [0.717, 1.165) is 31.0 Å². The number of alkyl halides is 3. The number of para-hydroxylation sites is 2. The second kappa shape index (κ2) is 10.0. The van der Waals surface area contributed by atoms with Crippen LogP contribution in [0.3, 0.4) is 0 Å². The highest BCUT2D eigenvalue weighted by molar-refractivity contribution is 5.58. The Morgan fingerprint density at radius 1 is 0.900 bits per heavy atom. The van der Waals surface area contributed by atoms with E-state index in [1.807, 2.05) is 29.2 Å². The normalized spacial score (nSPS) is 13.5. The van der Waals surface area contributed by atoms with E-state index in [9.17, 15) is 18.0 Å². The number of H-pyrrole nitrogens is 1. The zero-order valence-corrected chi connectivity index (χ0v) is 16.4. The predicted molar refractivity (Wildman–Crippen MR) is 111 cm³/mol. The summed E-state index contributed by atoms with van der Waals surface area (Å²) in [4.78, 5) is 14.7. The summed E-state index contributed by atoms with van der Waals surface area (Å²) < 4.78 is 41.4. The third-order valence-corrected chi connectivity index (χ3v) is 4.66. The van der Waals surface area contributed by atoms with Crippen LogP contribution in [0.5, 0.6) is 5.75 Å². The molecular formula is C23H23F3N2O2. The first-order valence-electron chi connectivity index (χ1n) is 9.70. The summed E-state index contributed by atoms with van der Waals surface area (Å²) in [5, 5.41) is 0. The van der Waals surface area contributed by atoms with Gasteiger partial charge in [-0.25, -0.2) is 0 Å². The highest BCUT2D eigenvalue weighted by Crippen LogP contribution is 2.31. The number of halogens is 3. The van der Waals surface area contributed by atoms with Crippen molar-refractivity contribution in [3.63, 3.8) is 0 Å². The minimum absolute atomic E-state index is 0.544. The maximum Gasteiger partial charge on any atom is 0.417 e. The molecule has 0 saturated carbocycles. The van der Waals surface area contributed by atoms with Gasteiger partial charge in [0.1, 0.15) is 12.4 Å². The molecule has 1 saturated heterocycles. The molecule has 7 heteroatoms. The Hall–Kier alpha value is -3.22. The number of hydrogen-bond acceptors (Lipinski definition) is 3. The number of nitrogens with one attached hydrogen (secondary N) is 1. The summed E-state index contributed by atoms with van der Waals surface area (Å²) in [5.74, 6) is 0.994. The molecule has 1 N–H and O–H groups in total. The standard InChI is InChI=1S/C17H19NO.C6H4F3NO/c1-2-8-15(9-3-1)14-19-17-11-5-4-10-16(17)18-12-6-7-13-18;7-6(8,9)4-1-2-5(11)10-3-4/h1-5,8-11H,6-7,12-14H2;1-3H,(H,10,11). The van der Waals surface area contributed by atoms with Crippen LogP contribution in [0, 0.1) is 0 Å². The first-order valence-corrected chi connectivity index (χ1v) is 9.70. The number of ether oxygens (including phenoxy) is 1. The van der Waals surface area contributed by atoms with Crippen LogP contribution < -0.4 is 15.2 Å². The second-order valence-corrected chi connectivity index (χ2v) is 6.88. The van der Waals surface area contributed by atoms with Gasteiger partial charge in [0, 0.05) is 25.4 Å². The summed E-state index contributed by atoms with van der Waals surface area (Å²) in [6.45, 7) is 2.92. The smallest absolute Gasteiger partial charge is 0.417 e. The molecule has 0 radical (unpaired) electrons. The van der Waals surface area contributed by atoms with Gasteiger partial charge in [0.05, 0.1) is 11.3 Å². The quantitative estimate of drug-likeness (QED) is 0.631. The Labute approximate surface area is 172 Å². The molecule has 4 rings (SSSR count). The average molecular weight is 416 g/mol. The van der Waals surface area contributed by atoms with Gasteiger partial charge in [-0.05, 0) is 36.6 Å². The van der Waals surface area contributed by atoms with E-state index >= 15 is 0 Å². The van der Waals surface area contributed by atoms with Crippen LogP contribution in [0.2, 0.25) is 0 Å². The number of nitrogens with zero attached hydrogens (tertiary/aromatic N) is 1. The molecule has 1 aromatic heterocycles. The number of pyridine rings is 1. The fraction of sp³-hybridized carbons (Fsp3) is 0.261. The molecule has 0 bridgehead atoms. The van der Waals surface area contributed by atoms with E-state index in [1.165, 1.54) is 24.1 Å². The van der Waals surface area contributed by atoms with Crippen LogP contribution in [0.4, 0.5) is 18.9 Å². The van der Waals surface area contributed by atoms with Gasteiger partial charge >= 0.3 is 6.18 Å². The Kier molecular flexibility index (Phi) is 7.17. The third kappa shape index (κ3) is 6.14. The zero-order valence-electron chi connectivity index (χ0n) is 16.4. The third-order valence-electron chi connectivity index (χ3n) is 4.66. The molecule has 1 fully saturated rings.